The molecule has 74 valence electrons. The van der Waals surface area contributed by atoms with Crippen molar-refractivity contribution in [2.24, 2.45) is 0 Å². The van der Waals surface area contributed by atoms with Crippen LogP contribution in [-0.2, 0) is 9.53 Å². The Bertz CT molecular complexity index is 232. The fourth-order valence-corrected chi connectivity index (χ4v) is 1.19. The van der Waals surface area contributed by atoms with E-state index in [0.29, 0.717) is 5.57 Å². The first-order chi connectivity index (χ1) is 6.00. The van der Waals surface area contributed by atoms with Gasteiger partial charge in [0.25, 0.3) is 0 Å². The molecule has 4 nitrogen and oxygen atoms in total. The number of aliphatic hydroxyl groups is 2. The summed E-state index contributed by atoms with van der Waals surface area (Å²) in [5, 5.41) is 18.4. The molecule has 3 atom stereocenters. The Morgan fingerprint density at radius 1 is 1.69 bits per heavy atom. The lowest BCUT2D eigenvalue weighted by Crippen LogP contribution is -2.33. The van der Waals surface area contributed by atoms with Gasteiger partial charge in [-0.2, -0.15) is 0 Å². The minimum atomic E-state index is -0.758. The molecule has 0 spiro atoms. The van der Waals surface area contributed by atoms with Gasteiger partial charge in [-0.3, -0.25) is 0 Å². The molecule has 0 aliphatic carbocycles. The Morgan fingerprint density at radius 2 is 2.31 bits per heavy atom. The van der Waals surface area contributed by atoms with E-state index < -0.39 is 24.3 Å². The van der Waals surface area contributed by atoms with Crippen LogP contribution in [0, 0.1) is 0 Å². The first kappa shape index (κ1) is 10.2. The second kappa shape index (κ2) is 3.89. The smallest absolute Gasteiger partial charge is 0.334 e. The Morgan fingerprint density at radius 3 is 2.85 bits per heavy atom. The van der Waals surface area contributed by atoms with Crippen LogP contribution >= 0.6 is 0 Å². The third-order valence-corrected chi connectivity index (χ3v) is 1.92. The number of carbonyl (C=O) groups is 1. The zero-order valence-electron chi connectivity index (χ0n) is 7.73. The van der Waals surface area contributed by atoms with Gasteiger partial charge >= 0.3 is 5.97 Å². The highest BCUT2D eigenvalue weighted by atomic mass is 16.6. The van der Waals surface area contributed by atoms with Crippen molar-refractivity contribution in [1.29, 1.82) is 0 Å². The highest BCUT2D eigenvalue weighted by Crippen LogP contribution is 2.18. The van der Waals surface area contributed by atoms with E-state index in [9.17, 15) is 9.90 Å². The fraction of sp³-hybridized carbons (Fsp3) is 0.667. The van der Waals surface area contributed by atoms with Gasteiger partial charge in [-0.05, 0) is 19.9 Å². The van der Waals surface area contributed by atoms with E-state index in [2.05, 4.69) is 0 Å². The Hall–Kier alpha value is -0.870. The molecule has 0 amide bonds. The molecule has 0 aromatic heterocycles. The highest BCUT2D eigenvalue weighted by Gasteiger charge is 2.26. The Kier molecular flexibility index (Phi) is 3.06. The molecule has 1 aliphatic heterocycles. The van der Waals surface area contributed by atoms with Crippen LogP contribution in [0.5, 0.6) is 0 Å². The van der Waals surface area contributed by atoms with E-state index in [1.54, 1.807) is 13.8 Å². The standard InChI is InChI=1S/C9H14O4/c1-5(10)3-7-4-8(11)6(2)13-9(7)12/h4-6,8,10-11H,3H2,1-2H3/t5-,6-,8-/m1/s1. The predicted octanol–water partition coefficient (Wildman–Crippen LogP) is -0.0101. The lowest BCUT2D eigenvalue weighted by Gasteiger charge is -2.24. The molecular weight excluding hydrogens is 172 g/mol. The average molecular weight is 186 g/mol. The number of cyclic esters (lactones) is 1. The van der Waals surface area contributed by atoms with E-state index in [0.717, 1.165) is 0 Å². The summed E-state index contributed by atoms with van der Waals surface area (Å²) in [7, 11) is 0. The van der Waals surface area contributed by atoms with Crippen molar-refractivity contribution in [1.82, 2.24) is 0 Å². The molecule has 0 aromatic carbocycles. The van der Waals surface area contributed by atoms with Gasteiger partial charge in [0.2, 0.25) is 0 Å². The maximum atomic E-state index is 11.2. The minimum Gasteiger partial charge on any atom is -0.456 e. The van der Waals surface area contributed by atoms with E-state index in [4.69, 9.17) is 9.84 Å². The van der Waals surface area contributed by atoms with Crippen LogP contribution in [-0.4, -0.2) is 34.5 Å². The van der Waals surface area contributed by atoms with Crippen molar-refractivity contribution in [3.8, 4) is 0 Å². The van der Waals surface area contributed by atoms with E-state index >= 15 is 0 Å². The molecule has 13 heavy (non-hydrogen) atoms. The number of hydrogen-bond donors (Lipinski definition) is 2. The molecule has 0 saturated heterocycles. The lowest BCUT2D eigenvalue weighted by atomic mass is 10.0. The lowest BCUT2D eigenvalue weighted by molar-refractivity contribution is -0.150. The molecule has 0 saturated carbocycles. The molecule has 1 heterocycles. The summed E-state index contributed by atoms with van der Waals surface area (Å²) in [6.07, 6.45) is -0.178. The predicted molar refractivity (Wildman–Crippen MR) is 45.9 cm³/mol. The summed E-state index contributed by atoms with van der Waals surface area (Å²) in [4.78, 5) is 11.2. The maximum Gasteiger partial charge on any atom is 0.334 e. The Balaban J connectivity index is 2.72. The molecule has 4 heteroatoms. The second-order valence-corrected chi connectivity index (χ2v) is 3.35. The van der Waals surface area contributed by atoms with Crippen LogP contribution < -0.4 is 0 Å². The van der Waals surface area contributed by atoms with Crippen LogP contribution in [0.3, 0.4) is 0 Å². The van der Waals surface area contributed by atoms with Crippen LogP contribution in [0.4, 0.5) is 0 Å². The van der Waals surface area contributed by atoms with Crippen molar-refractivity contribution >= 4 is 5.97 Å². The number of rotatable bonds is 2. The Labute approximate surface area is 76.8 Å². The van der Waals surface area contributed by atoms with Crippen molar-refractivity contribution in [3.05, 3.63) is 11.6 Å². The monoisotopic (exact) mass is 186 g/mol. The van der Waals surface area contributed by atoms with E-state index in [1.807, 2.05) is 0 Å². The number of hydrogen-bond acceptors (Lipinski definition) is 4. The first-order valence-corrected chi connectivity index (χ1v) is 4.28. The van der Waals surface area contributed by atoms with Crippen molar-refractivity contribution in [2.75, 3.05) is 0 Å². The van der Waals surface area contributed by atoms with Gasteiger partial charge in [-0.1, -0.05) is 0 Å². The quantitative estimate of drug-likeness (QED) is 0.595. The molecule has 1 aliphatic rings. The second-order valence-electron chi connectivity index (χ2n) is 3.35. The molecule has 1 rings (SSSR count). The van der Waals surface area contributed by atoms with E-state index in [-0.39, 0.29) is 6.42 Å². The summed E-state index contributed by atoms with van der Waals surface area (Å²) in [6.45, 7) is 3.21. The van der Waals surface area contributed by atoms with Crippen molar-refractivity contribution < 1.29 is 19.7 Å². The van der Waals surface area contributed by atoms with Gasteiger partial charge in [0.05, 0.1) is 6.10 Å². The molecule has 0 fully saturated rings. The molecule has 0 bridgehead atoms. The average Bonchev–Trinajstić information content (AvgIpc) is 1.99. The van der Waals surface area contributed by atoms with Crippen LogP contribution in [0.2, 0.25) is 0 Å². The minimum absolute atomic E-state index is 0.225. The van der Waals surface area contributed by atoms with Gasteiger partial charge < -0.3 is 14.9 Å². The molecule has 0 radical (unpaired) electrons. The zero-order chi connectivity index (χ0) is 10.0. The molecule has 2 N–H and O–H groups in total. The summed E-state index contributed by atoms with van der Waals surface area (Å²) in [6, 6.07) is 0. The number of esters is 1. The summed E-state index contributed by atoms with van der Waals surface area (Å²) >= 11 is 0. The first-order valence-electron chi connectivity index (χ1n) is 4.28. The van der Waals surface area contributed by atoms with E-state index in [1.165, 1.54) is 6.08 Å². The SMILES string of the molecule is C[C@@H](O)CC1=C[C@@H](O)[C@@H](C)OC1=O. The number of carbonyl (C=O) groups excluding carboxylic acids is 1. The summed E-state index contributed by atoms with van der Waals surface area (Å²) in [5.74, 6) is -0.446. The van der Waals surface area contributed by atoms with Crippen LogP contribution in [0.15, 0.2) is 11.6 Å². The van der Waals surface area contributed by atoms with Gasteiger partial charge in [-0.25, -0.2) is 4.79 Å². The largest absolute Gasteiger partial charge is 0.456 e. The normalized spacial score (nSPS) is 30.8. The summed E-state index contributed by atoms with van der Waals surface area (Å²) in [5.41, 5.74) is 0.348. The molecule has 0 unspecified atom stereocenters. The van der Waals surface area contributed by atoms with Gasteiger partial charge in [0.15, 0.2) is 0 Å². The van der Waals surface area contributed by atoms with Gasteiger partial charge in [-0.15, -0.1) is 0 Å². The zero-order valence-corrected chi connectivity index (χ0v) is 7.73. The third kappa shape index (κ3) is 2.54. The van der Waals surface area contributed by atoms with Crippen LogP contribution in [0.25, 0.3) is 0 Å². The fourth-order valence-electron chi connectivity index (χ4n) is 1.19. The van der Waals surface area contributed by atoms with Crippen LogP contribution in [0.1, 0.15) is 20.3 Å². The van der Waals surface area contributed by atoms with Crippen molar-refractivity contribution in [3.63, 3.8) is 0 Å². The molecular formula is C9H14O4. The van der Waals surface area contributed by atoms with Gasteiger partial charge in [0, 0.05) is 12.0 Å². The highest BCUT2D eigenvalue weighted by molar-refractivity contribution is 5.89. The van der Waals surface area contributed by atoms with Crippen molar-refractivity contribution in [2.45, 2.75) is 38.6 Å². The molecule has 0 aromatic rings. The number of ether oxygens (including phenoxy) is 1. The maximum absolute atomic E-state index is 11.2. The van der Waals surface area contributed by atoms with Gasteiger partial charge in [0.1, 0.15) is 12.2 Å². The number of aliphatic hydroxyl groups excluding tert-OH is 2. The summed E-state index contributed by atoms with van der Waals surface area (Å²) < 4.78 is 4.84. The topological polar surface area (TPSA) is 66.8 Å². The third-order valence-electron chi connectivity index (χ3n) is 1.92.